The molecule has 5 rings (SSSR count). The van der Waals surface area contributed by atoms with E-state index in [1.165, 1.54) is 25.1 Å². The Balaban J connectivity index is 1.54. The van der Waals surface area contributed by atoms with Crippen molar-refractivity contribution in [3.8, 4) is 5.75 Å². The maximum Gasteiger partial charge on any atom is 0.414 e. The van der Waals surface area contributed by atoms with Crippen LogP contribution in [0.2, 0.25) is 0 Å². The first-order chi connectivity index (χ1) is 18.1. The lowest BCUT2D eigenvalue weighted by atomic mass is 10.1. The van der Waals surface area contributed by atoms with Crippen molar-refractivity contribution in [3.63, 3.8) is 0 Å². The number of carbonyl (C=O) groups is 1. The van der Waals surface area contributed by atoms with Gasteiger partial charge in [0.1, 0.15) is 16.4 Å². The van der Waals surface area contributed by atoms with Gasteiger partial charge >= 0.3 is 6.09 Å². The molecule has 2 aliphatic rings. The van der Waals surface area contributed by atoms with Crippen LogP contribution >= 0.6 is 11.8 Å². The van der Waals surface area contributed by atoms with E-state index < -0.39 is 11.7 Å². The molecule has 0 unspecified atom stereocenters. The molecule has 0 spiro atoms. The fraction of sp³-hybridized carbons (Fsp3) is 0.519. The lowest BCUT2D eigenvalue weighted by molar-refractivity contribution is 0.0634. The smallest absolute Gasteiger partial charge is 0.414 e. The molecule has 38 heavy (non-hydrogen) atoms. The Labute approximate surface area is 227 Å². The minimum atomic E-state index is -0.632. The number of nitrogens with one attached hydrogen (secondary N) is 1. The van der Waals surface area contributed by atoms with E-state index in [0.717, 1.165) is 57.4 Å². The molecule has 10 nitrogen and oxygen atoms in total. The third-order valence-electron chi connectivity index (χ3n) is 6.68. The molecule has 0 bridgehead atoms. The normalized spacial score (nSPS) is 15.6. The molecule has 11 heteroatoms. The van der Waals surface area contributed by atoms with Crippen LogP contribution in [-0.2, 0) is 11.3 Å². The van der Waals surface area contributed by atoms with Crippen LogP contribution in [0.1, 0.15) is 56.1 Å². The summed E-state index contributed by atoms with van der Waals surface area (Å²) < 4.78 is 12.9. The van der Waals surface area contributed by atoms with Crippen molar-refractivity contribution in [1.82, 2.24) is 29.6 Å². The zero-order valence-electron chi connectivity index (χ0n) is 22.9. The van der Waals surface area contributed by atoms with Gasteiger partial charge in [-0.25, -0.2) is 14.5 Å². The van der Waals surface area contributed by atoms with Gasteiger partial charge in [-0.1, -0.05) is 5.57 Å². The highest BCUT2D eigenvalue weighted by atomic mass is 32.2. The summed E-state index contributed by atoms with van der Waals surface area (Å²) in [5.74, 6) is 1.83. The second-order valence-electron chi connectivity index (χ2n) is 10.8. The number of thioether (sulfide) groups is 1. The summed E-state index contributed by atoms with van der Waals surface area (Å²) in [6.45, 7) is 13.3. The van der Waals surface area contributed by atoms with Crippen molar-refractivity contribution in [2.75, 3.05) is 37.8 Å². The average Bonchev–Trinajstić information content (AvgIpc) is 3.03. The largest absolute Gasteiger partial charge is 0.496 e. The van der Waals surface area contributed by atoms with Gasteiger partial charge in [0.05, 0.1) is 30.4 Å². The van der Waals surface area contributed by atoms with Crippen LogP contribution in [0.15, 0.2) is 16.8 Å². The Kier molecular flexibility index (Phi) is 7.32. The second-order valence-corrected chi connectivity index (χ2v) is 11.8. The zero-order valence-corrected chi connectivity index (χ0v) is 23.7. The minimum absolute atomic E-state index is 0.192. The molecule has 1 saturated heterocycles. The van der Waals surface area contributed by atoms with Gasteiger partial charge in [0.15, 0.2) is 5.65 Å². The van der Waals surface area contributed by atoms with Crippen molar-refractivity contribution in [3.05, 3.63) is 34.3 Å². The topological polar surface area (TPSA) is 107 Å². The van der Waals surface area contributed by atoms with Gasteiger partial charge in [0, 0.05) is 29.6 Å². The van der Waals surface area contributed by atoms with Crippen molar-refractivity contribution in [2.24, 2.45) is 0 Å². The van der Waals surface area contributed by atoms with Gasteiger partial charge in [-0.2, -0.15) is 10.1 Å². The molecule has 2 aliphatic heterocycles. The number of likely N-dealkylation sites (tertiary alicyclic amines) is 1. The van der Waals surface area contributed by atoms with Gasteiger partial charge in [-0.05, 0) is 66.6 Å². The van der Waals surface area contributed by atoms with Crippen LogP contribution in [0.5, 0.6) is 5.75 Å². The van der Waals surface area contributed by atoms with Gasteiger partial charge in [-0.3, -0.25) is 10.3 Å². The minimum Gasteiger partial charge on any atom is -0.496 e. The molecule has 0 atom stereocenters. The van der Waals surface area contributed by atoms with Crippen LogP contribution in [-0.4, -0.2) is 73.8 Å². The number of ether oxygens (including phenoxy) is 2. The fourth-order valence-corrected chi connectivity index (χ4v) is 5.69. The highest BCUT2D eigenvalue weighted by molar-refractivity contribution is 7.99. The summed E-state index contributed by atoms with van der Waals surface area (Å²) in [6.07, 6.45) is 5.67. The van der Waals surface area contributed by atoms with Gasteiger partial charge < -0.3 is 14.4 Å². The number of nitrogens with zero attached hydrogens (tertiary/aromatic N) is 6. The van der Waals surface area contributed by atoms with E-state index in [9.17, 15) is 4.79 Å². The van der Waals surface area contributed by atoms with E-state index >= 15 is 0 Å². The molecule has 0 radical (unpaired) electrons. The molecule has 0 saturated carbocycles. The van der Waals surface area contributed by atoms with E-state index in [2.05, 4.69) is 21.3 Å². The molecule has 5 heterocycles. The van der Waals surface area contributed by atoms with Crippen LogP contribution in [0, 0.1) is 13.8 Å². The summed E-state index contributed by atoms with van der Waals surface area (Å²) in [5, 5.41) is 9.37. The van der Waals surface area contributed by atoms with Crippen molar-refractivity contribution in [1.29, 1.82) is 0 Å². The number of carbonyl (C=O) groups excluding carboxylic acids is 1. The molecular weight excluding hydrogens is 502 g/mol. The standard InChI is InChI=1S/C27H35N7O3S/c1-16-13-28-20(17(2)22(16)36-6)14-34-23-21-19(32-34)12-18(8-11-33-9-7-10-33)15-38-24(21)30-25(29-23)31-26(35)37-27(3,4)5/h12-13H,7-11,14-15H2,1-6H3,(H,29,30,31,35). The summed E-state index contributed by atoms with van der Waals surface area (Å²) >= 11 is 1.65. The molecule has 1 N–H and O–H groups in total. The molecule has 1 fully saturated rings. The lowest BCUT2D eigenvalue weighted by Crippen LogP contribution is -2.37. The molecule has 0 aromatic carbocycles. The molecule has 3 aromatic heterocycles. The SMILES string of the molecule is COc1c(C)cnc(Cn2nc3c4c(nc(NC(=O)OC(C)(C)C)nc42)SCC(CCN2CCC2)=C3)c1C. The average molecular weight is 538 g/mol. The predicted molar refractivity (Wildman–Crippen MR) is 149 cm³/mol. The first-order valence-corrected chi connectivity index (χ1v) is 13.9. The fourth-order valence-electron chi connectivity index (χ4n) is 4.65. The number of anilines is 1. The zero-order chi connectivity index (χ0) is 27.0. The summed E-state index contributed by atoms with van der Waals surface area (Å²) in [6, 6.07) is 0. The molecule has 0 aliphatic carbocycles. The second kappa shape index (κ2) is 10.5. The first-order valence-electron chi connectivity index (χ1n) is 12.9. The molecular formula is C27H35N7O3S. The molecule has 3 aromatic rings. The number of hydrogen-bond donors (Lipinski definition) is 1. The maximum absolute atomic E-state index is 12.5. The highest BCUT2D eigenvalue weighted by Gasteiger charge is 2.25. The highest BCUT2D eigenvalue weighted by Crippen LogP contribution is 2.36. The third-order valence-corrected chi connectivity index (χ3v) is 7.76. The monoisotopic (exact) mass is 537 g/mol. The van der Waals surface area contributed by atoms with E-state index in [0.29, 0.717) is 12.2 Å². The van der Waals surface area contributed by atoms with Crippen molar-refractivity contribution in [2.45, 2.75) is 64.6 Å². The quantitative estimate of drug-likeness (QED) is 0.424. The Morgan fingerprint density at radius 2 is 2.00 bits per heavy atom. The van der Waals surface area contributed by atoms with Gasteiger partial charge in [0.2, 0.25) is 5.95 Å². The summed E-state index contributed by atoms with van der Waals surface area (Å²) in [5.41, 5.74) is 4.97. The number of rotatable bonds is 7. The number of hydrogen-bond acceptors (Lipinski definition) is 9. The number of methoxy groups -OCH3 is 1. The van der Waals surface area contributed by atoms with Crippen LogP contribution in [0.3, 0.4) is 0 Å². The maximum atomic E-state index is 12.5. The Hall–Kier alpha value is -3.18. The molecule has 1 amide bonds. The number of aryl methyl sites for hydroxylation is 1. The first kappa shape index (κ1) is 26.4. The van der Waals surface area contributed by atoms with Gasteiger partial charge in [0.25, 0.3) is 0 Å². The van der Waals surface area contributed by atoms with E-state index in [1.807, 2.05) is 45.5 Å². The predicted octanol–water partition coefficient (Wildman–Crippen LogP) is 4.83. The van der Waals surface area contributed by atoms with Crippen LogP contribution in [0.4, 0.5) is 10.7 Å². The Morgan fingerprint density at radius 3 is 2.68 bits per heavy atom. The Bertz CT molecular complexity index is 1410. The van der Waals surface area contributed by atoms with E-state index in [-0.39, 0.29) is 5.95 Å². The molecule has 202 valence electrons. The summed E-state index contributed by atoms with van der Waals surface area (Å²) in [4.78, 5) is 29.1. The van der Waals surface area contributed by atoms with E-state index in [1.54, 1.807) is 18.9 Å². The van der Waals surface area contributed by atoms with Crippen molar-refractivity contribution < 1.29 is 14.3 Å². The number of pyridine rings is 1. The van der Waals surface area contributed by atoms with Crippen LogP contribution < -0.4 is 10.1 Å². The summed E-state index contributed by atoms with van der Waals surface area (Å²) in [7, 11) is 1.67. The third kappa shape index (κ3) is 5.63. The Morgan fingerprint density at radius 1 is 1.21 bits per heavy atom. The number of amides is 1. The van der Waals surface area contributed by atoms with Crippen LogP contribution in [0.25, 0.3) is 17.1 Å². The van der Waals surface area contributed by atoms with Gasteiger partial charge in [-0.15, -0.1) is 11.8 Å². The van der Waals surface area contributed by atoms with E-state index in [4.69, 9.17) is 24.5 Å². The number of aromatic nitrogens is 5. The van der Waals surface area contributed by atoms with Crippen molar-refractivity contribution >= 4 is 40.9 Å². The lowest BCUT2D eigenvalue weighted by Gasteiger charge is -2.30.